The van der Waals surface area contributed by atoms with Gasteiger partial charge in [-0.05, 0) is 48.7 Å². The third-order valence-electron chi connectivity index (χ3n) is 4.32. The van der Waals surface area contributed by atoms with E-state index in [-0.39, 0.29) is 5.91 Å². The average molecular weight is 319 g/mol. The molecule has 0 N–H and O–H groups in total. The molecule has 5 nitrogen and oxygen atoms in total. The Morgan fingerprint density at radius 2 is 2.00 bits per heavy atom. The molecule has 3 aromatic rings. The Labute approximate surface area is 139 Å². The van der Waals surface area contributed by atoms with Gasteiger partial charge >= 0.3 is 0 Å². The van der Waals surface area contributed by atoms with Gasteiger partial charge in [-0.3, -0.25) is 9.78 Å². The molecule has 2 heterocycles. The smallest absolute Gasteiger partial charge is 0.278 e. The molecule has 1 aliphatic rings. The zero-order valence-electron chi connectivity index (χ0n) is 13.4. The van der Waals surface area contributed by atoms with Gasteiger partial charge in [-0.2, -0.15) is 0 Å². The molecule has 4 rings (SSSR count). The number of carbonyl (C=O) groups excluding carboxylic acids is 1. The molecule has 0 fully saturated rings. The van der Waals surface area contributed by atoms with Crippen LogP contribution in [0.3, 0.4) is 0 Å². The van der Waals surface area contributed by atoms with Crippen LogP contribution in [0.2, 0.25) is 0 Å². The van der Waals surface area contributed by atoms with E-state index in [2.05, 4.69) is 9.97 Å². The van der Waals surface area contributed by atoms with Gasteiger partial charge in [-0.15, -0.1) is 0 Å². The molecule has 0 aliphatic carbocycles. The van der Waals surface area contributed by atoms with Crippen LogP contribution in [0.4, 0.5) is 5.69 Å². The lowest BCUT2D eigenvalue weighted by Crippen LogP contribution is -2.36. The predicted molar refractivity (Wildman–Crippen MR) is 92.5 cm³/mol. The van der Waals surface area contributed by atoms with Crippen LogP contribution in [-0.4, -0.2) is 29.5 Å². The summed E-state index contributed by atoms with van der Waals surface area (Å²) in [6, 6.07) is 13.4. The molecule has 0 saturated carbocycles. The van der Waals surface area contributed by atoms with Crippen molar-refractivity contribution in [2.24, 2.45) is 0 Å². The van der Waals surface area contributed by atoms with Gasteiger partial charge in [0.15, 0.2) is 0 Å². The van der Waals surface area contributed by atoms with Gasteiger partial charge in [0.2, 0.25) is 0 Å². The standard InChI is InChI=1S/C19H17N3O2/c1-24-14-8-9-18-13(11-14)5-4-10-22(18)19(23)17-12-20-15-6-2-3-7-16(15)21-17/h2-3,6-9,11-12H,4-5,10H2,1H3. The summed E-state index contributed by atoms with van der Waals surface area (Å²) in [5.74, 6) is 0.702. The monoisotopic (exact) mass is 319 g/mol. The second-order valence-electron chi connectivity index (χ2n) is 5.80. The molecule has 0 radical (unpaired) electrons. The highest BCUT2D eigenvalue weighted by molar-refractivity contribution is 6.06. The van der Waals surface area contributed by atoms with Crippen molar-refractivity contribution in [2.45, 2.75) is 12.8 Å². The molecule has 1 aliphatic heterocycles. The fourth-order valence-corrected chi connectivity index (χ4v) is 3.11. The number of fused-ring (bicyclic) bond motifs is 2. The number of hydrogen-bond donors (Lipinski definition) is 0. The van der Waals surface area contributed by atoms with Crippen molar-refractivity contribution in [3.63, 3.8) is 0 Å². The first-order valence-corrected chi connectivity index (χ1v) is 7.97. The topological polar surface area (TPSA) is 55.3 Å². The number of methoxy groups -OCH3 is 1. The zero-order chi connectivity index (χ0) is 16.5. The summed E-state index contributed by atoms with van der Waals surface area (Å²) in [6.45, 7) is 0.687. The molecule has 1 amide bonds. The number of ether oxygens (including phenoxy) is 1. The molecule has 2 aromatic carbocycles. The van der Waals surface area contributed by atoms with Crippen molar-refractivity contribution in [1.29, 1.82) is 0 Å². The Hall–Kier alpha value is -2.95. The van der Waals surface area contributed by atoms with Crippen molar-refractivity contribution in [1.82, 2.24) is 9.97 Å². The molecule has 0 unspecified atom stereocenters. The lowest BCUT2D eigenvalue weighted by molar-refractivity contribution is 0.0980. The fourth-order valence-electron chi connectivity index (χ4n) is 3.11. The first-order chi connectivity index (χ1) is 11.8. The molecular formula is C19H17N3O2. The number of nitrogens with zero attached hydrogens (tertiary/aromatic N) is 3. The highest BCUT2D eigenvalue weighted by Crippen LogP contribution is 2.31. The number of anilines is 1. The molecule has 24 heavy (non-hydrogen) atoms. The number of amides is 1. The van der Waals surface area contributed by atoms with Crippen molar-refractivity contribution >= 4 is 22.6 Å². The largest absolute Gasteiger partial charge is 0.497 e. The molecule has 0 spiro atoms. The first kappa shape index (κ1) is 14.6. The Kier molecular flexibility index (Phi) is 3.61. The van der Waals surface area contributed by atoms with E-state index in [1.165, 1.54) is 0 Å². The summed E-state index contributed by atoms with van der Waals surface area (Å²) in [6.07, 6.45) is 3.43. The van der Waals surface area contributed by atoms with E-state index in [0.29, 0.717) is 12.2 Å². The minimum Gasteiger partial charge on any atom is -0.497 e. The third kappa shape index (κ3) is 2.48. The highest BCUT2D eigenvalue weighted by Gasteiger charge is 2.25. The van der Waals surface area contributed by atoms with Gasteiger partial charge in [-0.1, -0.05) is 12.1 Å². The van der Waals surface area contributed by atoms with Crippen molar-refractivity contribution in [3.05, 3.63) is 59.9 Å². The SMILES string of the molecule is COc1ccc2c(c1)CCCN2C(=O)c1cnc2ccccc2n1. The summed E-state index contributed by atoms with van der Waals surface area (Å²) in [7, 11) is 1.65. The summed E-state index contributed by atoms with van der Waals surface area (Å²) in [4.78, 5) is 23.6. The quantitative estimate of drug-likeness (QED) is 0.728. The van der Waals surface area contributed by atoms with Gasteiger partial charge in [0, 0.05) is 12.2 Å². The lowest BCUT2D eigenvalue weighted by Gasteiger charge is -2.29. The normalized spacial score (nSPS) is 13.6. The van der Waals surface area contributed by atoms with E-state index < -0.39 is 0 Å². The number of rotatable bonds is 2. The molecule has 0 bridgehead atoms. The summed E-state index contributed by atoms with van der Waals surface area (Å²) >= 11 is 0. The number of hydrogen-bond acceptors (Lipinski definition) is 4. The predicted octanol–water partition coefficient (Wildman–Crippen LogP) is 3.23. The molecule has 0 atom stereocenters. The van der Waals surface area contributed by atoms with Gasteiger partial charge < -0.3 is 9.64 Å². The van der Waals surface area contributed by atoms with Crippen LogP contribution in [-0.2, 0) is 6.42 Å². The zero-order valence-corrected chi connectivity index (χ0v) is 13.4. The Balaban J connectivity index is 1.72. The van der Waals surface area contributed by atoms with Crippen LogP contribution in [0.5, 0.6) is 5.75 Å². The van der Waals surface area contributed by atoms with Crippen molar-refractivity contribution < 1.29 is 9.53 Å². The van der Waals surface area contributed by atoms with Crippen molar-refractivity contribution in [2.75, 3.05) is 18.6 Å². The van der Waals surface area contributed by atoms with E-state index in [0.717, 1.165) is 40.9 Å². The first-order valence-electron chi connectivity index (χ1n) is 7.97. The van der Waals surface area contributed by atoms with Crippen LogP contribution in [0.1, 0.15) is 22.5 Å². The van der Waals surface area contributed by atoms with Crippen LogP contribution < -0.4 is 9.64 Å². The second kappa shape index (κ2) is 5.92. The Morgan fingerprint density at radius 3 is 2.83 bits per heavy atom. The second-order valence-corrected chi connectivity index (χ2v) is 5.80. The fraction of sp³-hybridized carbons (Fsp3) is 0.211. The van der Waals surface area contributed by atoms with Crippen LogP contribution in [0.15, 0.2) is 48.7 Å². The van der Waals surface area contributed by atoms with E-state index >= 15 is 0 Å². The van der Waals surface area contributed by atoms with E-state index in [1.54, 1.807) is 18.2 Å². The maximum absolute atomic E-state index is 13.0. The van der Waals surface area contributed by atoms with Crippen LogP contribution in [0, 0.1) is 0 Å². The number of aryl methyl sites for hydroxylation is 1. The Bertz CT molecular complexity index is 923. The van der Waals surface area contributed by atoms with E-state index in [1.807, 2.05) is 42.5 Å². The summed E-state index contributed by atoms with van der Waals surface area (Å²) in [5, 5.41) is 0. The maximum Gasteiger partial charge on any atom is 0.278 e. The van der Waals surface area contributed by atoms with Gasteiger partial charge in [0.05, 0.1) is 24.3 Å². The molecule has 5 heteroatoms. The van der Waals surface area contributed by atoms with E-state index in [9.17, 15) is 4.79 Å². The average Bonchev–Trinajstić information content (AvgIpc) is 2.66. The number of carbonyl (C=O) groups is 1. The van der Waals surface area contributed by atoms with Crippen LogP contribution in [0.25, 0.3) is 11.0 Å². The molecule has 1 aromatic heterocycles. The van der Waals surface area contributed by atoms with Crippen molar-refractivity contribution in [3.8, 4) is 5.75 Å². The highest BCUT2D eigenvalue weighted by atomic mass is 16.5. The third-order valence-corrected chi connectivity index (χ3v) is 4.32. The molecule has 0 saturated heterocycles. The van der Waals surface area contributed by atoms with Gasteiger partial charge in [-0.25, -0.2) is 4.98 Å². The number of benzene rings is 2. The van der Waals surface area contributed by atoms with E-state index in [4.69, 9.17) is 4.74 Å². The summed E-state index contributed by atoms with van der Waals surface area (Å²) in [5.41, 5.74) is 3.95. The minimum absolute atomic E-state index is 0.112. The summed E-state index contributed by atoms with van der Waals surface area (Å²) < 4.78 is 5.28. The lowest BCUT2D eigenvalue weighted by atomic mass is 10.0. The molecule has 120 valence electrons. The number of aromatic nitrogens is 2. The Morgan fingerprint density at radius 1 is 1.17 bits per heavy atom. The molecular weight excluding hydrogens is 302 g/mol. The van der Waals surface area contributed by atoms with Crippen LogP contribution >= 0.6 is 0 Å². The maximum atomic E-state index is 13.0. The number of para-hydroxylation sites is 2. The van der Waals surface area contributed by atoms with Gasteiger partial charge in [0.25, 0.3) is 5.91 Å². The van der Waals surface area contributed by atoms with Gasteiger partial charge in [0.1, 0.15) is 11.4 Å². The minimum atomic E-state index is -0.112.